The van der Waals surface area contributed by atoms with Crippen LogP contribution in [0.3, 0.4) is 0 Å². The van der Waals surface area contributed by atoms with Crippen LogP contribution in [0.4, 0.5) is 0 Å². The number of hydrogen-bond acceptors (Lipinski definition) is 3. The number of halogens is 1. The first-order valence-electron chi connectivity index (χ1n) is 6.20. The van der Waals surface area contributed by atoms with Crippen LogP contribution in [0, 0.1) is 0 Å². The Labute approximate surface area is 137 Å². The quantitative estimate of drug-likeness (QED) is 0.320. The fourth-order valence-electron chi connectivity index (χ4n) is 1.46. The first-order valence-corrected chi connectivity index (χ1v) is 9.95. The molecule has 0 atom stereocenters. The lowest BCUT2D eigenvalue weighted by molar-refractivity contribution is 1.43. The second kappa shape index (κ2) is 9.46. The molecule has 0 nitrogen and oxygen atoms in total. The summed E-state index contributed by atoms with van der Waals surface area (Å²) in [5.74, 6) is 2.01. The first-order chi connectivity index (χ1) is 9.84. The Morgan fingerprint density at radius 1 is 0.950 bits per heavy atom. The fourth-order valence-corrected chi connectivity index (χ4v) is 4.18. The van der Waals surface area contributed by atoms with Crippen molar-refractivity contribution in [3.63, 3.8) is 0 Å². The van der Waals surface area contributed by atoms with E-state index in [0.717, 1.165) is 16.5 Å². The maximum Gasteiger partial charge on any atom is 0.0406 e. The highest BCUT2D eigenvalue weighted by atomic mass is 35.5. The average Bonchev–Trinajstić information content (AvgIpc) is 2.49. The Balaban J connectivity index is 1.59. The van der Waals surface area contributed by atoms with Crippen LogP contribution >= 0.6 is 45.0 Å². The number of rotatable bonds is 7. The summed E-state index contributed by atoms with van der Waals surface area (Å²) in [5.41, 5.74) is 1.30. The lowest BCUT2D eigenvalue weighted by atomic mass is 10.2. The topological polar surface area (TPSA) is 0 Å². The molecule has 0 spiro atoms. The van der Waals surface area contributed by atoms with Gasteiger partial charge in [0.05, 0.1) is 0 Å². The minimum absolute atomic E-state index is 0.796. The van der Waals surface area contributed by atoms with Gasteiger partial charge in [0.15, 0.2) is 0 Å². The molecule has 0 radical (unpaired) electrons. The molecule has 0 fully saturated rings. The van der Waals surface area contributed by atoms with Gasteiger partial charge in [-0.2, -0.15) is 0 Å². The van der Waals surface area contributed by atoms with Gasteiger partial charge in [0.2, 0.25) is 0 Å². The Bertz CT molecular complexity index is 523. The smallest absolute Gasteiger partial charge is 0.0406 e. The van der Waals surface area contributed by atoms with Crippen molar-refractivity contribution in [2.24, 2.45) is 0 Å². The summed E-state index contributed by atoms with van der Waals surface area (Å²) < 4.78 is 0. The predicted molar refractivity (Wildman–Crippen MR) is 96.6 cm³/mol. The molecule has 2 aromatic carbocycles. The van der Waals surface area contributed by atoms with Gasteiger partial charge in [-0.15, -0.1) is 11.8 Å². The average molecular weight is 339 g/mol. The summed E-state index contributed by atoms with van der Waals surface area (Å²) >= 11 is 7.71. The van der Waals surface area contributed by atoms with Gasteiger partial charge in [-0.05, 0) is 35.2 Å². The third kappa shape index (κ3) is 6.31. The van der Waals surface area contributed by atoms with Gasteiger partial charge in [0, 0.05) is 21.4 Å². The molecule has 0 amide bonds. The van der Waals surface area contributed by atoms with E-state index in [1.54, 1.807) is 10.8 Å². The highest BCUT2D eigenvalue weighted by molar-refractivity contribution is 8.77. The van der Waals surface area contributed by atoms with Gasteiger partial charge < -0.3 is 0 Å². The van der Waals surface area contributed by atoms with Gasteiger partial charge in [-0.3, -0.25) is 0 Å². The van der Waals surface area contributed by atoms with E-state index in [2.05, 4.69) is 47.9 Å². The molecule has 0 saturated carbocycles. The lowest BCUT2D eigenvalue weighted by Crippen LogP contribution is -1.76. The van der Waals surface area contributed by atoms with Crippen molar-refractivity contribution in [1.82, 2.24) is 0 Å². The molecule has 0 unspecified atom stereocenters. The van der Waals surface area contributed by atoms with E-state index < -0.39 is 0 Å². The van der Waals surface area contributed by atoms with E-state index in [1.165, 1.54) is 10.5 Å². The monoisotopic (exact) mass is 338 g/mol. The standard InChI is InChI=1S/C16H15ClS3/c17-15-9-7-14(8-10-15)13-20-19-12-4-11-18-16-5-2-1-3-6-16/h1-10,12H,11,13H2/b12-4-. The van der Waals surface area contributed by atoms with E-state index in [0.29, 0.717) is 0 Å². The molecular formula is C16H15ClS3. The molecule has 0 heterocycles. The summed E-state index contributed by atoms with van der Waals surface area (Å²) in [6, 6.07) is 18.5. The van der Waals surface area contributed by atoms with Crippen molar-refractivity contribution in [3.8, 4) is 0 Å². The molecule has 2 rings (SSSR count). The highest BCUT2D eigenvalue weighted by Gasteiger charge is 1.93. The van der Waals surface area contributed by atoms with Crippen LogP contribution in [-0.4, -0.2) is 5.75 Å². The van der Waals surface area contributed by atoms with E-state index in [4.69, 9.17) is 11.6 Å². The zero-order chi connectivity index (χ0) is 14.0. The summed E-state index contributed by atoms with van der Waals surface area (Å²) in [6.07, 6.45) is 2.21. The summed E-state index contributed by atoms with van der Waals surface area (Å²) in [5, 5.41) is 2.96. The molecule has 2 aromatic rings. The van der Waals surface area contributed by atoms with Crippen LogP contribution in [-0.2, 0) is 5.75 Å². The molecule has 4 heteroatoms. The minimum atomic E-state index is 0.796. The van der Waals surface area contributed by atoms with Gasteiger partial charge in [0.1, 0.15) is 0 Å². The normalized spacial score (nSPS) is 11.1. The summed E-state index contributed by atoms with van der Waals surface area (Å²) in [7, 11) is 3.61. The first kappa shape index (κ1) is 15.9. The second-order valence-corrected chi connectivity index (χ2v) is 7.78. The van der Waals surface area contributed by atoms with Crippen LogP contribution in [0.25, 0.3) is 0 Å². The number of benzene rings is 2. The molecule has 0 N–H and O–H groups in total. The molecule has 20 heavy (non-hydrogen) atoms. The van der Waals surface area contributed by atoms with Crippen LogP contribution in [0.15, 0.2) is 71.0 Å². The molecule has 0 aromatic heterocycles. The number of hydrogen-bond donors (Lipinski definition) is 0. The zero-order valence-corrected chi connectivity index (χ0v) is 14.1. The van der Waals surface area contributed by atoms with Gasteiger partial charge >= 0.3 is 0 Å². The van der Waals surface area contributed by atoms with Crippen LogP contribution in [0.1, 0.15) is 5.56 Å². The van der Waals surface area contributed by atoms with E-state index in [1.807, 2.05) is 40.8 Å². The number of thioether (sulfide) groups is 1. The Kier molecular flexibility index (Phi) is 7.52. The third-order valence-corrected chi connectivity index (χ3v) is 5.65. The minimum Gasteiger partial charge on any atom is -0.122 e. The second-order valence-electron chi connectivity index (χ2n) is 3.98. The van der Waals surface area contributed by atoms with E-state index >= 15 is 0 Å². The van der Waals surface area contributed by atoms with E-state index in [-0.39, 0.29) is 0 Å². The lowest BCUT2D eigenvalue weighted by Gasteiger charge is -1.99. The van der Waals surface area contributed by atoms with Crippen molar-refractivity contribution in [3.05, 3.63) is 76.7 Å². The Morgan fingerprint density at radius 2 is 1.70 bits per heavy atom. The summed E-state index contributed by atoms with van der Waals surface area (Å²) in [6.45, 7) is 0. The molecule has 0 aliphatic heterocycles. The van der Waals surface area contributed by atoms with Crippen molar-refractivity contribution in [2.75, 3.05) is 5.75 Å². The molecule has 0 aliphatic carbocycles. The third-order valence-electron chi connectivity index (χ3n) is 2.45. The van der Waals surface area contributed by atoms with Gasteiger partial charge in [-0.25, -0.2) is 0 Å². The largest absolute Gasteiger partial charge is 0.122 e. The maximum absolute atomic E-state index is 5.86. The Morgan fingerprint density at radius 3 is 2.45 bits per heavy atom. The zero-order valence-electron chi connectivity index (χ0n) is 10.9. The van der Waals surface area contributed by atoms with Crippen molar-refractivity contribution in [1.29, 1.82) is 0 Å². The maximum atomic E-state index is 5.86. The van der Waals surface area contributed by atoms with Crippen molar-refractivity contribution < 1.29 is 0 Å². The van der Waals surface area contributed by atoms with Crippen LogP contribution in [0.2, 0.25) is 5.02 Å². The SMILES string of the molecule is Clc1ccc(CSS/C=C\CSc2ccccc2)cc1. The molecule has 0 bridgehead atoms. The van der Waals surface area contributed by atoms with Crippen LogP contribution in [0.5, 0.6) is 0 Å². The molecule has 0 saturated heterocycles. The highest BCUT2D eigenvalue weighted by Crippen LogP contribution is 2.28. The Hall–Kier alpha value is -0.480. The van der Waals surface area contributed by atoms with E-state index in [9.17, 15) is 0 Å². The van der Waals surface area contributed by atoms with Crippen molar-refractivity contribution in [2.45, 2.75) is 10.6 Å². The van der Waals surface area contributed by atoms with Gasteiger partial charge in [-0.1, -0.05) is 69.6 Å². The predicted octanol–water partition coefficient (Wildman–Crippen LogP) is 6.53. The fraction of sp³-hybridized carbons (Fsp3) is 0.125. The van der Waals surface area contributed by atoms with Crippen LogP contribution < -0.4 is 0 Å². The summed E-state index contributed by atoms with van der Waals surface area (Å²) in [4.78, 5) is 1.32. The molecule has 104 valence electrons. The van der Waals surface area contributed by atoms with Gasteiger partial charge in [0.25, 0.3) is 0 Å². The molecule has 0 aliphatic rings. The van der Waals surface area contributed by atoms with Crippen molar-refractivity contribution >= 4 is 45.0 Å². The molecular weight excluding hydrogens is 324 g/mol.